The van der Waals surface area contributed by atoms with Crippen LogP contribution in [0.4, 0.5) is 0 Å². The highest BCUT2D eigenvalue weighted by Gasteiger charge is 2.24. The molecule has 24 heavy (non-hydrogen) atoms. The average molecular weight is 327 g/mol. The van der Waals surface area contributed by atoms with Crippen molar-refractivity contribution in [3.05, 3.63) is 47.3 Å². The Kier molecular flexibility index (Phi) is 5.30. The average Bonchev–Trinajstić information content (AvgIpc) is 3.27. The van der Waals surface area contributed by atoms with Crippen LogP contribution >= 0.6 is 0 Å². The van der Waals surface area contributed by atoms with E-state index >= 15 is 0 Å². The number of hydrogen-bond acceptors (Lipinski definition) is 3. The van der Waals surface area contributed by atoms with Crippen molar-refractivity contribution < 1.29 is 9.53 Å². The molecule has 5 nitrogen and oxygen atoms in total. The third kappa shape index (κ3) is 3.36. The topological polar surface area (TPSA) is 56.2 Å². The minimum Gasteiger partial charge on any atom is -0.376 e. The van der Waals surface area contributed by atoms with E-state index in [1.807, 2.05) is 41.9 Å². The van der Waals surface area contributed by atoms with Gasteiger partial charge in [-0.1, -0.05) is 32.0 Å². The van der Waals surface area contributed by atoms with Gasteiger partial charge >= 0.3 is 0 Å². The minimum absolute atomic E-state index is 0.0404. The first kappa shape index (κ1) is 16.7. The summed E-state index contributed by atoms with van der Waals surface area (Å²) in [5.41, 5.74) is 3.52. The molecule has 5 heteroatoms. The van der Waals surface area contributed by atoms with E-state index in [1.165, 1.54) is 0 Å². The molecule has 1 aromatic heterocycles. The van der Waals surface area contributed by atoms with Crippen molar-refractivity contribution in [1.29, 1.82) is 0 Å². The van der Waals surface area contributed by atoms with E-state index < -0.39 is 0 Å². The molecule has 1 N–H and O–H groups in total. The molecule has 0 spiro atoms. The Labute approximate surface area is 143 Å². The first-order chi connectivity index (χ1) is 11.7. The fraction of sp³-hybridized carbons (Fsp3) is 0.474. The zero-order chi connectivity index (χ0) is 16.9. The molecule has 0 radical (unpaired) electrons. The van der Waals surface area contributed by atoms with Gasteiger partial charge in [0.15, 0.2) is 0 Å². The van der Waals surface area contributed by atoms with E-state index in [2.05, 4.69) is 12.2 Å². The summed E-state index contributed by atoms with van der Waals surface area (Å²) < 4.78 is 7.49. The molecular weight excluding hydrogens is 302 g/mol. The lowest BCUT2D eigenvalue weighted by atomic mass is 10.1. The van der Waals surface area contributed by atoms with Crippen molar-refractivity contribution in [2.45, 2.75) is 45.6 Å². The predicted molar refractivity (Wildman–Crippen MR) is 93.6 cm³/mol. The monoisotopic (exact) mass is 327 g/mol. The number of carbonyl (C=O) groups excluding carboxylic acids is 1. The number of rotatable bonds is 6. The first-order valence-corrected chi connectivity index (χ1v) is 8.80. The van der Waals surface area contributed by atoms with Crippen LogP contribution in [0.5, 0.6) is 0 Å². The molecule has 0 bridgehead atoms. The number of carbonyl (C=O) groups is 1. The molecular formula is C19H25N3O2. The van der Waals surface area contributed by atoms with Crippen molar-refractivity contribution >= 4 is 5.91 Å². The summed E-state index contributed by atoms with van der Waals surface area (Å²) in [5, 5.41) is 7.73. The molecule has 1 aliphatic rings. The van der Waals surface area contributed by atoms with Crippen molar-refractivity contribution in [3.63, 3.8) is 0 Å². The van der Waals surface area contributed by atoms with Gasteiger partial charge in [-0.3, -0.25) is 4.79 Å². The molecule has 3 rings (SSSR count). The Hall–Kier alpha value is -2.14. The van der Waals surface area contributed by atoms with Crippen molar-refractivity contribution in [2.75, 3.05) is 13.2 Å². The zero-order valence-corrected chi connectivity index (χ0v) is 14.4. The molecule has 1 saturated heterocycles. The standard InChI is InChI=1S/C19H25N3O2/c1-3-16-18(19(23)20-13-15-11-8-12-24-15)17(4-2)22(21-16)14-9-6-5-7-10-14/h5-7,9-10,15H,3-4,8,11-13H2,1-2H3,(H,20,23)/t15-/m1/s1. The summed E-state index contributed by atoms with van der Waals surface area (Å²) in [6, 6.07) is 9.98. The highest BCUT2D eigenvalue weighted by atomic mass is 16.5. The molecule has 1 fully saturated rings. The Balaban J connectivity index is 1.88. The van der Waals surface area contributed by atoms with Crippen molar-refractivity contribution in [1.82, 2.24) is 15.1 Å². The van der Waals surface area contributed by atoms with Crippen LogP contribution in [-0.2, 0) is 17.6 Å². The molecule has 0 aliphatic carbocycles. The van der Waals surface area contributed by atoms with Gasteiger partial charge in [-0.2, -0.15) is 5.10 Å². The van der Waals surface area contributed by atoms with Gasteiger partial charge in [-0.15, -0.1) is 0 Å². The van der Waals surface area contributed by atoms with Gasteiger partial charge in [-0.05, 0) is 37.8 Å². The Morgan fingerprint density at radius 1 is 1.29 bits per heavy atom. The lowest BCUT2D eigenvalue weighted by Crippen LogP contribution is -2.32. The maximum absolute atomic E-state index is 12.8. The second-order valence-electron chi connectivity index (χ2n) is 6.07. The highest BCUT2D eigenvalue weighted by Crippen LogP contribution is 2.21. The van der Waals surface area contributed by atoms with Crippen LogP contribution < -0.4 is 5.32 Å². The van der Waals surface area contributed by atoms with Crippen molar-refractivity contribution in [2.24, 2.45) is 0 Å². The Morgan fingerprint density at radius 2 is 2.08 bits per heavy atom. The van der Waals surface area contributed by atoms with E-state index in [0.717, 1.165) is 54.9 Å². The normalized spacial score (nSPS) is 17.2. The SMILES string of the molecule is CCc1nn(-c2ccccc2)c(CC)c1C(=O)NC[C@H]1CCCO1. The number of aromatic nitrogens is 2. The number of para-hydroxylation sites is 1. The molecule has 1 amide bonds. The maximum atomic E-state index is 12.8. The van der Waals surface area contributed by atoms with Gasteiger partial charge in [0.2, 0.25) is 0 Å². The van der Waals surface area contributed by atoms with Crippen LogP contribution in [0.25, 0.3) is 5.69 Å². The number of hydrogen-bond donors (Lipinski definition) is 1. The summed E-state index contributed by atoms with van der Waals surface area (Å²) in [5.74, 6) is -0.0404. The molecule has 0 unspecified atom stereocenters. The van der Waals surface area contributed by atoms with Gasteiger partial charge in [-0.25, -0.2) is 4.68 Å². The number of nitrogens with one attached hydrogen (secondary N) is 1. The predicted octanol–water partition coefficient (Wildman–Crippen LogP) is 2.91. The van der Waals surface area contributed by atoms with Crippen LogP contribution in [0.2, 0.25) is 0 Å². The van der Waals surface area contributed by atoms with Gasteiger partial charge < -0.3 is 10.1 Å². The summed E-state index contributed by atoms with van der Waals surface area (Å²) in [6.45, 7) is 5.47. The van der Waals surface area contributed by atoms with Gasteiger partial charge in [0, 0.05) is 13.2 Å². The molecule has 128 valence electrons. The van der Waals surface area contributed by atoms with E-state index in [9.17, 15) is 4.79 Å². The lowest BCUT2D eigenvalue weighted by molar-refractivity contribution is 0.0856. The summed E-state index contributed by atoms with van der Waals surface area (Å²) in [7, 11) is 0. The molecule has 0 saturated carbocycles. The minimum atomic E-state index is -0.0404. The number of amides is 1. The second kappa shape index (κ2) is 7.62. The van der Waals surface area contributed by atoms with Gasteiger partial charge in [0.1, 0.15) is 0 Å². The van der Waals surface area contributed by atoms with Crippen LogP contribution in [0, 0.1) is 0 Å². The van der Waals surface area contributed by atoms with E-state index in [1.54, 1.807) is 0 Å². The summed E-state index contributed by atoms with van der Waals surface area (Å²) >= 11 is 0. The number of benzene rings is 1. The van der Waals surface area contributed by atoms with Crippen LogP contribution in [0.1, 0.15) is 48.4 Å². The largest absolute Gasteiger partial charge is 0.376 e. The second-order valence-corrected chi connectivity index (χ2v) is 6.07. The summed E-state index contributed by atoms with van der Waals surface area (Å²) in [4.78, 5) is 12.8. The van der Waals surface area contributed by atoms with E-state index in [-0.39, 0.29) is 12.0 Å². The van der Waals surface area contributed by atoms with Crippen molar-refractivity contribution in [3.8, 4) is 5.69 Å². The zero-order valence-electron chi connectivity index (χ0n) is 14.4. The van der Waals surface area contributed by atoms with Crippen LogP contribution in [0.3, 0.4) is 0 Å². The molecule has 1 atom stereocenters. The number of ether oxygens (including phenoxy) is 1. The highest BCUT2D eigenvalue weighted by molar-refractivity contribution is 5.96. The molecule has 1 aliphatic heterocycles. The third-order valence-electron chi connectivity index (χ3n) is 4.47. The molecule has 2 heterocycles. The van der Waals surface area contributed by atoms with Gasteiger partial charge in [0.25, 0.3) is 5.91 Å². The Bertz CT molecular complexity index is 688. The number of nitrogens with zero attached hydrogens (tertiary/aromatic N) is 2. The van der Waals surface area contributed by atoms with E-state index in [0.29, 0.717) is 6.54 Å². The fourth-order valence-electron chi connectivity index (χ4n) is 3.22. The first-order valence-electron chi connectivity index (χ1n) is 8.80. The third-order valence-corrected chi connectivity index (χ3v) is 4.47. The quantitative estimate of drug-likeness (QED) is 0.887. The maximum Gasteiger partial charge on any atom is 0.255 e. The molecule has 1 aromatic carbocycles. The Morgan fingerprint density at radius 3 is 2.71 bits per heavy atom. The molecule has 2 aromatic rings. The fourth-order valence-corrected chi connectivity index (χ4v) is 3.22. The lowest BCUT2D eigenvalue weighted by Gasteiger charge is -2.12. The summed E-state index contributed by atoms with van der Waals surface area (Å²) in [6.07, 6.45) is 3.73. The smallest absolute Gasteiger partial charge is 0.255 e. The van der Waals surface area contributed by atoms with Crippen LogP contribution in [0.15, 0.2) is 30.3 Å². The van der Waals surface area contributed by atoms with E-state index in [4.69, 9.17) is 9.84 Å². The van der Waals surface area contributed by atoms with Gasteiger partial charge in [0.05, 0.1) is 28.7 Å². The number of aryl methyl sites for hydroxylation is 1. The van der Waals surface area contributed by atoms with Crippen LogP contribution in [-0.4, -0.2) is 34.9 Å².